The van der Waals surface area contributed by atoms with Crippen LogP contribution in [-0.4, -0.2) is 16.7 Å². The molecular weight excluding hydrogens is 218 g/mol. The van der Waals surface area contributed by atoms with Crippen LogP contribution in [0.25, 0.3) is 0 Å². The number of hydrogen-bond donors (Lipinski definition) is 0. The second-order valence-corrected chi connectivity index (χ2v) is 5.57. The third kappa shape index (κ3) is 2.05. The molecule has 16 heavy (non-hydrogen) atoms. The van der Waals surface area contributed by atoms with Crippen molar-refractivity contribution in [3.63, 3.8) is 0 Å². The molecule has 1 saturated carbocycles. The van der Waals surface area contributed by atoms with Gasteiger partial charge >= 0.3 is 0 Å². The predicted molar refractivity (Wildman–Crippen MR) is 65.2 cm³/mol. The first kappa shape index (κ1) is 10.1. The zero-order chi connectivity index (χ0) is 11.0. The lowest BCUT2D eigenvalue weighted by atomic mass is 10.3. The second kappa shape index (κ2) is 4.06. The van der Waals surface area contributed by atoms with Crippen molar-refractivity contribution in [1.29, 1.82) is 0 Å². The highest BCUT2D eigenvalue weighted by Gasteiger charge is 2.32. The van der Waals surface area contributed by atoms with Gasteiger partial charge in [-0.2, -0.15) is 0 Å². The van der Waals surface area contributed by atoms with Crippen molar-refractivity contribution in [2.75, 3.05) is 0 Å². The van der Waals surface area contributed by atoms with Crippen LogP contribution < -0.4 is 0 Å². The average Bonchev–Trinajstić information content (AvgIpc) is 2.81. The molecule has 0 radical (unpaired) electrons. The normalized spacial score (nSPS) is 20.0. The smallest absolute Gasteiger partial charge is 0.157 e. The van der Waals surface area contributed by atoms with Crippen LogP contribution in [0.4, 0.5) is 0 Å². The summed E-state index contributed by atoms with van der Waals surface area (Å²) in [7, 11) is 0. The molecule has 0 bridgehead atoms. The van der Waals surface area contributed by atoms with Crippen LogP contribution in [0.3, 0.4) is 0 Å². The van der Waals surface area contributed by atoms with E-state index in [0.29, 0.717) is 18.2 Å². The van der Waals surface area contributed by atoms with Gasteiger partial charge in [0.2, 0.25) is 0 Å². The lowest BCUT2D eigenvalue weighted by Crippen LogP contribution is -2.23. The highest BCUT2D eigenvalue weighted by molar-refractivity contribution is 7.09. The van der Waals surface area contributed by atoms with E-state index >= 15 is 0 Å². The summed E-state index contributed by atoms with van der Waals surface area (Å²) in [6, 6.07) is 4.97. The molecule has 3 rings (SSSR count). The highest BCUT2D eigenvalue weighted by atomic mass is 32.1. The average molecular weight is 233 g/mol. The molecule has 2 aliphatic carbocycles. The number of allylic oxidation sites excluding steroid dienone is 2. The van der Waals surface area contributed by atoms with Crippen molar-refractivity contribution in [1.82, 2.24) is 4.90 Å². The van der Waals surface area contributed by atoms with E-state index in [-0.39, 0.29) is 0 Å². The molecule has 0 atom stereocenters. The molecule has 0 N–H and O–H groups in total. The van der Waals surface area contributed by atoms with E-state index in [1.807, 2.05) is 6.08 Å². The van der Waals surface area contributed by atoms with Gasteiger partial charge in [0.15, 0.2) is 5.78 Å². The molecule has 3 heteroatoms. The number of carbonyl (C=O) groups excluding carboxylic acids is 1. The second-order valence-electron chi connectivity index (χ2n) is 4.54. The number of hydrogen-bond acceptors (Lipinski definition) is 3. The Morgan fingerprint density at radius 1 is 1.38 bits per heavy atom. The van der Waals surface area contributed by atoms with E-state index in [2.05, 4.69) is 22.4 Å². The van der Waals surface area contributed by atoms with Gasteiger partial charge in [0.25, 0.3) is 0 Å². The summed E-state index contributed by atoms with van der Waals surface area (Å²) >= 11 is 1.80. The fourth-order valence-electron chi connectivity index (χ4n) is 2.23. The van der Waals surface area contributed by atoms with Crippen molar-refractivity contribution in [3.05, 3.63) is 34.2 Å². The van der Waals surface area contributed by atoms with Gasteiger partial charge in [0.05, 0.1) is 6.54 Å². The van der Waals surface area contributed by atoms with Gasteiger partial charge in [0, 0.05) is 29.1 Å². The topological polar surface area (TPSA) is 20.3 Å². The van der Waals surface area contributed by atoms with E-state index in [4.69, 9.17) is 0 Å². The quantitative estimate of drug-likeness (QED) is 0.797. The Kier molecular flexibility index (Phi) is 2.56. The molecule has 2 aliphatic rings. The van der Waals surface area contributed by atoms with Crippen LogP contribution in [0.1, 0.15) is 30.6 Å². The fraction of sp³-hybridized carbons (Fsp3) is 0.462. The lowest BCUT2D eigenvalue weighted by Gasteiger charge is -2.25. The van der Waals surface area contributed by atoms with Gasteiger partial charge in [-0.1, -0.05) is 6.07 Å². The maximum atomic E-state index is 11.3. The largest absolute Gasteiger partial charge is 0.367 e. The standard InChI is InChI=1S/C13H15NOS/c15-12-6-5-11(8-12)14(10-3-4-10)9-13-2-1-7-16-13/h1-2,7-8,10H,3-6,9H2. The molecule has 0 aromatic carbocycles. The van der Waals surface area contributed by atoms with Gasteiger partial charge in [-0.25, -0.2) is 0 Å². The van der Waals surface area contributed by atoms with E-state index < -0.39 is 0 Å². The Bertz CT molecular complexity index is 417. The molecule has 1 aromatic rings. The van der Waals surface area contributed by atoms with Gasteiger partial charge < -0.3 is 4.90 Å². The van der Waals surface area contributed by atoms with E-state index in [0.717, 1.165) is 13.0 Å². The Balaban J connectivity index is 1.76. The Hall–Kier alpha value is -1.09. The lowest BCUT2D eigenvalue weighted by molar-refractivity contribution is -0.114. The summed E-state index contributed by atoms with van der Waals surface area (Å²) in [4.78, 5) is 15.1. The van der Waals surface area contributed by atoms with Gasteiger partial charge in [-0.05, 0) is 30.7 Å². The van der Waals surface area contributed by atoms with Crippen molar-refractivity contribution < 1.29 is 4.79 Å². The number of carbonyl (C=O) groups is 1. The highest BCUT2D eigenvalue weighted by Crippen LogP contribution is 2.35. The predicted octanol–water partition coefficient (Wildman–Crippen LogP) is 2.96. The Morgan fingerprint density at radius 3 is 2.81 bits per heavy atom. The minimum Gasteiger partial charge on any atom is -0.367 e. The Labute approximate surface area is 99.6 Å². The molecule has 0 saturated heterocycles. The molecule has 0 unspecified atom stereocenters. The number of nitrogens with zero attached hydrogens (tertiary/aromatic N) is 1. The van der Waals surface area contributed by atoms with Crippen molar-refractivity contribution >= 4 is 17.1 Å². The van der Waals surface area contributed by atoms with Crippen molar-refractivity contribution in [3.8, 4) is 0 Å². The van der Waals surface area contributed by atoms with Crippen LogP contribution in [0, 0.1) is 0 Å². The Morgan fingerprint density at radius 2 is 2.25 bits per heavy atom. The van der Waals surface area contributed by atoms with Crippen LogP contribution in [0.2, 0.25) is 0 Å². The molecule has 2 nitrogen and oxygen atoms in total. The van der Waals surface area contributed by atoms with Crippen molar-refractivity contribution in [2.24, 2.45) is 0 Å². The zero-order valence-electron chi connectivity index (χ0n) is 9.19. The summed E-state index contributed by atoms with van der Waals surface area (Å²) in [5, 5.41) is 2.12. The summed E-state index contributed by atoms with van der Waals surface area (Å²) in [5.41, 5.74) is 1.26. The van der Waals surface area contributed by atoms with Gasteiger partial charge in [-0.3, -0.25) is 4.79 Å². The molecule has 0 spiro atoms. The molecule has 0 amide bonds. The zero-order valence-corrected chi connectivity index (χ0v) is 10.0. The summed E-state index contributed by atoms with van der Waals surface area (Å²) in [5.74, 6) is 0.298. The minimum atomic E-state index is 0.298. The first-order valence-corrected chi connectivity index (χ1v) is 6.73. The van der Waals surface area contributed by atoms with E-state index in [1.54, 1.807) is 11.3 Å². The first-order valence-electron chi connectivity index (χ1n) is 5.85. The third-order valence-corrected chi connectivity index (χ3v) is 4.08. The summed E-state index contributed by atoms with van der Waals surface area (Å²) in [6.45, 7) is 0.988. The van der Waals surface area contributed by atoms with Crippen LogP contribution >= 0.6 is 11.3 Å². The van der Waals surface area contributed by atoms with E-state index in [9.17, 15) is 4.79 Å². The number of thiophene rings is 1. The van der Waals surface area contributed by atoms with Crippen LogP contribution in [-0.2, 0) is 11.3 Å². The van der Waals surface area contributed by atoms with Gasteiger partial charge in [0.1, 0.15) is 0 Å². The maximum Gasteiger partial charge on any atom is 0.157 e. The third-order valence-electron chi connectivity index (χ3n) is 3.22. The first-order chi connectivity index (χ1) is 7.83. The maximum absolute atomic E-state index is 11.3. The SMILES string of the molecule is O=C1C=C(N(Cc2cccs2)C2CC2)CC1. The molecule has 1 aromatic heterocycles. The molecule has 1 heterocycles. The number of ketones is 1. The summed E-state index contributed by atoms with van der Waals surface area (Å²) < 4.78 is 0. The molecule has 1 fully saturated rings. The monoisotopic (exact) mass is 233 g/mol. The molecule has 84 valence electrons. The number of rotatable bonds is 4. The molecular formula is C13H15NOS. The van der Waals surface area contributed by atoms with E-state index in [1.165, 1.54) is 23.4 Å². The minimum absolute atomic E-state index is 0.298. The van der Waals surface area contributed by atoms with Gasteiger partial charge in [-0.15, -0.1) is 11.3 Å². The van der Waals surface area contributed by atoms with Crippen LogP contribution in [0.5, 0.6) is 0 Å². The van der Waals surface area contributed by atoms with Crippen molar-refractivity contribution in [2.45, 2.75) is 38.3 Å². The fourth-order valence-corrected chi connectivity index (χ4v) is 2.93. The van der Waals surface area contributed by atoms with Crippen LogP contribution in [0.15, 0.2) is 29.3 Å². The summed E-state index contributed by atoms with van der Waals surface area (Å²) in [6.07, 6.45) is 6.09. The molecule has 0 aliphatic heterocycles.